The van der Waals surface area contributed by atoms with Crippen molar-refractivity contribution in [1.82, 2.24) is 19.5 Å². The highest BCUT2D eigenvalue weighted by Crippen LogP contribution is 2.39. The minimum absolute atomic E-state index is 0.114. The first-order chi connectivity index (χ1) is 26.9. The zero-order valence-electron chi connectivity index (χ0n) is 29.4. The quantitative estimate of drug-likeness (QED) is 0.224. The lowest BCUT2D eigenvalue weighted by Gasteiger charge is -2.20. The highest BCUT2D eigenvalue weighted by atomic mass is 16.3. The van der Waals surface area contributed by atoms with E-state index in [0.29, 0.717) is 22.8 Å². The largest absolute Gasteiger partial charge is 0.456 e. The van der Waals surface area contributed by atoms with Gasteiger partial charge in [-0.25, -0.2) is 15.0 Å². The van der Waals surface area contributed by atoms with Crippen LogP contribution in [0.25, 0.3) is 94.7 Å². The summed E-state index contributed by atoms with van der Waals surface area (Å²) >= 11 is 0. The van der Waals surface area contributed by atoms with Crippen molar-refractivity contribution in [1.29, 1.82) is 0 Å². The summed E-state index contributed by atoms with van der Waals surface area (Å²) in [6.45, 7) is 0. The third-order valence-electron chi connectivity index (χ3n) is 10.3. The molecule has 3 aromatic heterocycles. The van der Waals surface area contributed by atoms with Crippen molar-refractivity contribution >= 4 is 110 Å². The Morgan fingerprint density at radius 2 is 1.05 bits per heavy atom. The number of nitrogens with zero attached hydrogens (tertiary/aromatic N) is 4. The van der Waals surface area contributed by atoms with E-state index in [4.69, 9.17) is 58.6 Å². The van der Waals surface area contributed by atoms with Crippen LogP contribution in [0.3, 0.4) is 0 Å². The Balaban J connectivity index is 1.17. The summed E-state index contributed by atoms with van der Waals surface area (Å²) < 4.78 is 8.88. The number of hydrogen-bond acceptors (Lipinski definition) is 4. The van der Waals surface area contributed by atoms with Crippen molar-refractivity contribution in [2.24, 2.45) is 0 Å². The standard InChI is InChI=1S/C45H23B5N4O/c46-38-37(39(47)41(49)42(50)40(38)48)45-52-43(25-12-5-2-6-13-25)51-44(53-45)30-15-9-17-34-36(30)29-20-19-27(23-35(29)55-34)54-32-16-8-7-14-28(32)31-22-26(18-21-33(31)54)24-10-3-1-4-11-24/h1-23H. The maximum absolute atomic E-state index is 6.60. The van der Waals surface area contributed by atoms with Crippen LogP contribution in [0.5, 0.6) is 0 Å². The van der Waals surface area contributed by atoms with Gasteiger partial charge in [-0.2, -0.15) is 0 Å². The molecular weight excluding hydrogens is 667 g/mol. The maximum atomic E-state index is 6.60. The number of aromatic nitrogens is 4. The van der Waals surface area contributed by atoms with Gasteiger partial charge in [0, 0.05) is 50.0 Å². The number of rotatable bonds is 5. The average molecular weight is 690 g/mol. The highest BCUT2D eigenvalue weighted by Gasteiger charge is 2.21. The molecule has 0 spiro atoms. The summed E-state index contributed by atoms with van der Waals surface area (Å²) in [7, 11) is 31.7. The van der Waals surface area contributed by atoms with E-state index < -0.39 is 0 Å². The smallest absolute Gasteiger partial charge is 0.164 e. The van der Waals surface area contributed by atoms with Crippen LogP contribution in [0, 0.1) is 0 Å². The molecule has 10 heteroatoms. The number of fused-ring (bicyclic) bond motifs is 6. The summed E-state index contributed by atoms with van der Waals surface area (Å²) in [4.78, 5) is 14.7. The molecule has 5 nitrogen and oxygen atoms in total. The zero-order chi connectivity index (χ0) is 37.4. The van der Waals surface area contributed by atoms with Gasteiger partial charge < -0.3 is 8.98 Å². The first kappa shape index (κ1) is 33.1. The van der Waals surface area contributed by atoms with Crippen molar-refractivity contribution in [2.45, 2.75) is 0 Å². The minimum Gasteiger partial charge on any atom is -0.456 e. The minimum atomic E-state index is 0.114. The lowest BCUT2D eigenvalue weighted by Crippen LogP contribution is -2.55. The molecule has 0 amide bonds. The molecule has 10 radical (unpaired) electrons. The van der Waals surface area contributed by atoms with Gasteiger partial charge in [0.2, 0.25) is 0 Å². The Labute approximate surface area is 323 Å². The second kappa shape index (κ2) is 12.8. The Hall–Kier alpha value is -6.53. The SMILES string of the molecule is [B]c1c([B])c([B])c(-c2nc(-c3ccccc3)nc(-c3cccc4oc5cc(-n6c7ccccc7c7cc(-c8ccccc8)ccc76)ccc5c34)n2)c([B])c1[B]. The molecule has 0 aliphatic rings. The Morgan fingerprint density at radius 3 is 1.82 bits per heavy atom. The second-order valence-electron chi connectivity index (χ2n) is 13.5. The molecule has 0 aliphatic heterocycles. The molecule has 0 unspecified atom stereocenters. The van der Waals surface area contributed by atoms with E-state index >= 15 is 0 Å². The summed E-state index contributed by atoms with van der Waals surface area (Å²) in [5, 5.41) is 4.11. The molecule has 0 atom stereocenters. The fourth-order valence-electron chi connectivity index (χ4n) is 7.62. The van der Waals surface area contributed by atoms with Gasteiger partial charge in [0.15, 0.2) is 17.5 Å². The van der Waals surface area contributed by atoms with E-state index in [1.54, 1.807) is 0 Å². The van der Waals surface area contributed by atoms with Crippen molar-refractivity contribution in [3.63, 3.8) is 0 Å². The molecule has 10 rings (SSSR count). The van der Waals surface area contributed by atoms with Crippen molar-refractivity contribution in [3.05, 3.63) is 140 Å². The number of benzene rings is 7. The normalized spacial score (nSPS) is 11.6. The van der Waals surface area contributed by atoms with Gasteiger partial charge >= 0.3 is 0 Å². The molecule has 7 aromatic carbocycles. The van der Waals surface area contributed by atoms with Crippen LogP contribution in [0.2, 0.25) is 0 Å². The van der Waals surface area contributed by atoms with Gasteiger partial charge in [0.1, 0.15) is 50.4 Å². The van der Waals surface area contributed by atoms with Gasteiger partial charge in [0.05, 0.1) is 11.0 Å². The fourth-order valence-corrected chi connectivity index (χ4v) is 7.62. The third-order valence-corrected chi connectivity index (χ3v) is 10.3. The monoisotopic (exact) mass is 690 g/mol. The second-order valence-corrected chi connectivity index (χ2v) is 13.5. The summed E-state index contributed by atoms with van der Waals surface area (Å²) in [5.74, 6) is 1.03. The molecular formula is C45H23B5N4O. The molecule has 0 bridgehead atoms. The first-order valence-corrected chi connectivity index (χ1v) is 17.7. The van der Waals surface area contributed by atoms with E-state index in [-0.39, 0.29) is 33.1 Å². The number of hydrogen-bond donors (Lipinski definition) is 0. The fraction of sp³-hybridized carbons (Fsp3) is 0. The van der Waals surface area contributed by atoms with Crippen LogP contribution >= 0.6 is 0 Å². The predicted octanol–water partition coefficient (Wildman–Crippen LogP) is 5.51. The predicted molar refractivity (Wildman–Crippen MR) is 230 cm³/mol. The van der Waals surface area contributed by atoms with Crippen LogP contribution in [-0.2, 0) is 0 Å². The van der Waals surface area contributed by atoms with Crippen LogP contribution < -0.4 is 27.3 Å². The van der Waals surface area contributed by atoms with Crippen LogP contribution in [0.4, 0.5) is 0 Å². The Bertz CT molecular complexity index is 3130. The summed E-state index contributed by atoms with van der Waals surface area (Å²) in [6.07, 6.45) is 0. The lowest BCUT2D eigenvalue weighted by atomic mass is 9.60. The van der Waals surface area contributed by atoms with Gasteiger partial charge in [-0.3, -0.25) is 0 Å². The molecule has 0 fully saturated rings. The summed E-state index contributed by atoms with van der Waals surface area (Å²) in [6, 6.07) is 47.3. The van der Waals surface area contributed by atoms with Crippen LogP contribution in [-0.4, -0.2) is 58.8 Å². The molecule has 10 aromatic rings. The molecule has 0 saturated carbocycles. The van der Waals surface area contributed by atoms with Gasteiger partial charge in [-0.15, -0.1) is 16.4 Å². The molecule has 55 heavy (non-hydrogen) atoms. The van der Waals surface area contributed by atoms with Crippen LogP contribution in [0.15, 0.2) is 144 Å². The van der Waals surface area contributed by atoms with E-state index in [1.165, 1.54) is 21.9 Å². The third kappa shape index (κ3) is 5.27. The molecule has 0 saturated heterocycles. The highest BCUT2D eigenvalue weighted by molar-refractivity contribution is 6.68. The number of furan rings is 1. The van der Waals surface area contributed by atoms with E-state index in [0.717, 1.165) is 44.2 Å². The van der Waals surface area contributed by atoms with Gasteiger partial charge in [-0.1, -0.05) is 108 Å². The van der Waals surface area contributed by atoms with Crippen molar-refractivity contribution in [3.8, 4) is 51.0 Å². The van der Waals surface area contributed by atoms with Crippen LogP contribution in [0.1, 0.15) is 0 Å². The maximum Gasteiger partial charge on any atom is 0.164 e. The topological polar surface area (TPSA) is 56.7 Å². The molecule has 3 heterocycles. The van der Waals surface area contributed by atoms with E-state index in [1.807, 2.05) is 54.6 Å². The van der Waals surface area contributed by atoms with Crippen molar-refractivity contribution in [2.75, 3.05) is 0 Å². The lowest BCUT2D eigenvalue weighted by molar-refractivity contribution is 0.668. The molecule has 244 valence electrons. The van der Waals surface area contributed by atoms with Gasteiger partial charge in [-0.05, 0) is 47.5 Å². The zero-order valence-corrected chi connectivity index (χ0v) is 29.4. The number of para-hydroxylation sites is 1. The Morgan fingerprint density at radius 1 is 0.418 bits per heavy atom. The average Bonchev–Trinajstić information content (AvgIpc) is 3.78. The van der Waals surface area contributed by atoms with E-state index in [9.17, 15) is 0 Å². The summed E-state index contributed by atoms with van der Waals surface area (Å²) in [5.41, 5.74) is 9.36. The molecule has 0 N–H and O–H groups in total. The Kier molecular flexibility index (Phi) is 7.70. The first-order valence-electron chi connectivity index (χ1n) is 17.7. The van der Waals surface area contributed by atoms with Gasteiger partial charge in [0.25, 0.3) is 0 Å². The molecule has 0 aliphatic carbocycles. The van der Waals surface area contributed by atoms with Crippen molar-refractivity contribution < 1.29 is 4.42 Å². The van der Waals surface area contributed by atoms with E-state index in [2.05, 4.69) is 89.5 Å².